The molecule has 1 N–H and O–H groups in total. The van der Waals surface area contributed by atoms with Gasteiger partial charge in [-0.15, -0.1) is 11.3 Å². The van der Waals surface area contributed by atoms with Gasteiger partial charge >= 0.3 is 5.69 Å². The number of carbonyl (C=O) groups excluding carboxylic acids is 1. The fourth-order valence-electron chi connectivity index (χ4n) is 3.68. The van der Waals surface area contributed by atoms with Gasteiger partial charge in [0.2, 0.25) is 5.91 Å². The number of hydrogen-bond donors (Lipinski definition) is 1. The first kappa shape index (κ1) is 21.8. The highest BCUT2D eigenvalue weighted by Crippen LogP contribution is 2.27. The molecule has 0 fully saturated rings. The molecule has 2 aromatic carbocycles. The highest BCUT2D eigenvalue weighted by molar-refractivity contribution is 7.18. The number of nitrogens with zero attached hydrogens (tertiary/aromatic N) is 2. The molecule has 0 aliphatic carbocycles. The van der Waals surface area contributed by atoms with Crippen LogP contribution >= 0.6 is 11.3 Å². The fraction of sp³-hybridized carbons (Fsp3) is 0.240. The second-order valence-electron chi connectivity index (χ2n) is 8.07. The van der Waals surface area contributed by atoms with Crippen LogP contribution in [0.25, 0.3) is 10.2 Å². The van der Waals surface area contributed by atoms with E-state index in [1.807, 2.05) is 80.6 Å². The number of thiophene rings is 1. The Hall–Kier alpha value is -3.45. The average Bonchev–Trinajstić information content (AvgIpc) is 3.23. The van der Waals surface area contributed by atoms with E-state index in [0.717, 1.165) is 15.0 Å². The minimum absolute atomic E-state index is 0.238. The van der Waals surface area contributed by atoms with E-state index in [0.29, 0.717) is 22.4 Å². The predicted molar refractivity (Wildman–Crippen MR) is 130 cm³/mol. The van der Waals surface area contributed by atoms with Crippen molar-refractivity contribution < 1.29 is 4.79 Å². The standard InChI is InChI=1S/C25H25N3O3S/c1-16(2)21-14-20-22(32-21)26-25(31)28(24(20)30)17(3)23(29)27(19-12-8-5-9-13-19)15-18-10-6-4-7-11-18/h4-14,16-17H,15H2,1-3H3,(H,26,31). The Morgan fingerprint density at radius 1 is 1.00 bits per heavy atom. The van der Waals surface area contributed by atoms with E-state index in [4.69, 9.17) is 0 Å². The molecule has 2 aromatic heterocycles. The van der Waals surface area contributed by atoms with Crippen LogP contribution in [0.15, 0.2) is 76.3 Å². The molecular formula is C25H25N3O3S. The molecule has 1 amide bonds. The Balaban J connectivity index is 1.77. The Kier molecular flexibility index (Phi) is 6.10. The van der Waals surface area contributed by atoms with Crippen LogP contribution in [-0.2, 0) is 11.3 Å². The number of aromatic nitrogens is 2. The zero-order chi connectivity index (χ0) is 22.8. The number of fused-ring (bicyclic) bond motifs is 1. The van der Waals surface area contributed by atoms with Crippen molar-refractivity contribution in [2.75, 3.05) is 4.90 Å². The number of H-pyrrole nitrogens is 1. The lowest BCUT2D eigenvalue weighted by Gasteiger charge is -2.26. The maximum absolute atomic E-state index is 13.6. The number of aromatic amines is 1. The maximum Gasteiger partial charge on any atom is 0.330 e. The smallest absolute Gasteiger partial charge is 0.306 e. The van der Waals surface area contributed by atoms with E-state index < -0.39 is 17.3 Å². The molecule has 0 aliphatic heterocycles. The van der Waals surface area contributed by atoms with Crippen LogP contribution in [-0.4, -0.2) is 15.5 Å². The molecule has 0 saturated heterocycles. The van der Waals surface area contributed by atoms with Crippen molar-refractivity contribution in [2.45, 2.75) is 39.3 Å². The second-order valence-corrected chi connectivity index (χ2v) is 9.16. The molecule has 7 heteroatoms. The van der Waals surface area contributed by atoms with E-state index >= 15 is 0 Å². The molecule has 0 radical (unpaired) electrons. The number of carbonyl (C=O) groups is 1. The number of rotatable bonds is 6. The molecule has 2 heterocycles. The summed E-state index contributed by atoms with van der Waals surface area (Å²) in [5, 5.41) is 0.437. The second kappa shape index (κ2) is 8.96. The van der Waals surface area contributed by atoms with Gasteiger partial charge in [0.25, 0.3) is 5.56 Å². The van der Waals surface area contributed by atoms with Crippen molar-refractivity contribution in [1.29, 1.82) is 0 Å². The lowest BCUT2D eigenvalue weighted by Crippen LogP contribution is -2.44. The fourth-order valence-corrected chi connectivity index (χ4v) is 4.73. The number of anilines is 1. The summed E-state index contributed by atoms with van der Waals surface area (Å²) in [6.45, 7) is 6.00. The first-order chi connectivity index (χ1) is 15.4. The third-order valence-corrected chi connectivity index (χ3v) is 6.82. The van der Waals surface area contributed by atoms with Crippen LogP contribution in [0.1, 0.15) is 43.2 Å². The van der Waals surface area contributed by atoms with Gasteiger partial charge in [0.15, 0.2) is 0 Å². The predicted octanol–water partition coefficient (Wildman–Crippen LogP) is 4.67. The van der Waals surface area contributed by atoms with Crippen molar-refractivity contribution >= 4 is 33.1 Å². The molecule has 1 unspecified atom stereocenters. The monoisotopic (exact) mass is 447 g/mol. The topological polar surface area (TPSA) is 75.2 Å². The zero-order valence-corrected chi connectivity index (χ0v) is 19.1. The Bertz CT molecular complexity index is 1350. The summed E-state index contributed by atoms with van der Waals surface area (Å²) in [4.78, 5) is 45.7. The maximum atomic E-state index is 13.6. The van der Waals surface area contributed by atoms with Gasteiger partial charge in [-0.1, -0.05) is 62.4 Å². The van der Waals surface area contributed by atoms with E-state index in [1.54, 1.807) is 11.8 Å². The lowest BCUT2D eigenvalue weighted by molar-refractivity contribution is -0.121. The van der Waals surface area contributed by atoms with Crippen molar-refractivity contribution in [3.8, 4) is 0 Å². The molecule has 6 nitrogen and oxygen atoms in total. The molecule has 1 atom stereocenters. The van der Waals surface area contributed by atoms with Gasteiger partial charge in [0, 0.05) is 10.6 Å². The SMILES string of the molecule is CC(C)c1cc2c(=O)n(C(C)C(=O)N(Cc3ccccc3)c3ccccc3)c(=O)[nH]c2s1. The Morgan fingerprint density at radius 2 is 1.62 bits per heavy atom. The average molecular weight is 448 g/mol. The summed E-state index contributed by atoms with van der Waals surface area (Å²) in [5.41, 5.74) is 0.637. The molecule has 164 valence electrons. The quantitative estimate of drug-likeness (QED) is 0.467. The van der Waals surface area contributed by atoms with Gasteiger partial charge in [-0.25, -0.2) is 9.36 Å². The normalized spacial score (nSPS) is 12.2. The minimum Gasteiger partial charge on any atom is -0.306 e. The molecule has 4 aromatic rings. The summed E-state index contributed by atoms with van der Waals surface area (Å²) < 4.78 is 1.03. The zero-order valence-electron chi connectivity index (χ0n) is 18.2. The van der Waals surface area contributed by atoms with Gasteiger partial charge in [0.1, 0.15) is 10.9 Å². The third kappa shape index (κ3) is 4.16. The Labute approximate surface area is 189 Å². The molecule has 4 rings (SSSR count). The molecule has 32 heavy (non-hydrogen) atoms. The van der Waals surface area contributed by atoms with E-state index in [1.165, 1.54) is 11.3 Å². The van der Waals surface area contributed by atoms with Crippen LogP contribution in [0.2, 0.25) is 0 Å². The first-order valence-corrected chi connectivity index (χ1v) is 11.4. The van der Waals surface area contributed by atoms with Gasteiger partial charge in [-0.2, -0.15) is 0 Å². The molecule has 0 aliphatic rings. The van der Waals surface area contributed by atoms with Crippen molar-refractivity contribution in [3.05, 3.63) is 98.0 Å². The number of benzene rings is 2. The first-order valence-electron chi connectivity index (χ1n) is 10.6. The van der Waals surface area contributed by atoms with Crippen LogP contribution < -0.4 is 16.1 Å². The Morgan fingerprint density at radius 3 is 2.25 bits per heavy atom. The summed E-state index contributed by atoms with van der Waals surface area (Å²) >= 11 is 1.40. The van der Waals surface area contributed by atoms with Crippen molar-refractivity contribution in [3.63, 3.8) is 0 Å². The molecule has 0 bridgehead atoms. The number of amides is 1. The molecular weight excluding hydrogens is 422 g/mol. The van der Waals surface area contributed by atoms with Gasteiger partial charge in [0.05, 0.1) is 11.9 Å². The largest absolute Gasteiger partial charge is 0.330 e. The molecule has 0 saturated carbocycles. The summed E-state index contributed by atoms with van der Waals surface area (Å²) in [5.74, 6) is -0.0893. The lowest BCUT2D eigenvalue weighted by atomic mass is 10.1. The van der Waals surface area contributed by atoms with E-state index in [-0.39, 0.29) is 11.8 Å². The number of hydrogen-bond acceptors (Lipinski definition) is 4. The van der Waals surface area contributed by atoms with Crippen LogP contribution in [0, 0.1) is 0 Å². The van der Waals surface area contributed by atoms with Crippen LogP contribution in [0.4, 0.5) is 5.69 Å². The van der Waals surface area contributed by atoms with Crippen LogP contribution in [0.3, 0.4) is 0 Å². The van der Waals surface area contributed by atoms with Gasteiger partial charge in [-0.3, -0.25) is 14.6 Å². The molecule has 0 spiro atoms. The summed E-state index contributed by atoms with van der Waals surface area (Å²) in [7, 11) is 0. The summed E-state index contributed by atoms with van der Waals surface area (Å²) in [6, 6.07) is 19.8. The summed E-state index contributed by atoms with van der Waals surface area (Å²) in [6.07, 6.45) is 0. The number of nitrogens with one attached hydrogen (secondary N) is 1. The van der Waals surface area contributed by atoms with Gasteiger partial charge < -0.3 is 4.90 Å². The highest BCUT2D eigenvalue weighted by Gasteiger charge is 2.27. The highest BCUT2D eigenvalue weighted by atomic mass is 32.1. The van der Waals surface area contributed by atoms with E-state index in [9.17, 15) is 14.4 Å². The minimum atomic E-state index is -0.970. The van der Waals surface area contributed by atoms with E-state index in [2.05, 4.69) is 4.98 Å². The van der Waals surface area contributed by atoms with Crippen molar-refractivity contribution in [2.24, 2.45) is 0 Å². The van der Waals surface area contributed by atoms with Gasteiger partial charge in [-0.05, 0) is 36.6 Å². The third-order valence-electron chi connectivity index (χ3n) is 5.47. The van der Waals surface area contributed by atoms with Crippen LogP contribution in [0.5, 0.6) is 0 Å². The van der Waals surface area contributed by atoms with Crippen molar-refractivity contribution in [1.82, 2.24) is 9.55 Å². The number of para-hydroxylation sites is 1.